The summed E-state index contributed by atoms with van der Waals surface area (Å²) in [6.07, 6.45) is 15.7. The van der Waals surface area contributed by atoms with E-state index in [-0.39, 0.29) is 6.10 Å². The summed E-state index contributed by atoms with van der Waals surface area (Å²) in [6.45, 7) is 9.15. The Kier molecular flexibility index (Phi) is 12.3. The van der Waals surface area contributed by atoms with Crippen LogP contribution < -0.4 is 5.38 Å². The second kappa shape index (κ2) is 13.6. The predicted molar refractivity (Wildman–Crippen MR) is 117 cm³/mol. The van der Waals surface area contributed by atoms with Crippen molar-refractivity contribution in [2.24, 2.45) is 0 Å². The molecule has 26 heavy (non-hydrogen) atoms. The second-order valence-corrected chi connectivity index (χ2v) is 13.2. The fourth-order valence-electron chi connectivity index (χ4n) is 4.07. The minimum atomic E-state index is -1.46. The molecule has 0 bridgehead atoms. The van der Waals surface area contributed by atoms with Gasteiger partial charge in [0.2, 0.25) is 0 Å². The van der Waals surface area contributed by atoms with Crippen molar-refractivity contribution in [1.29, 1.82) is 0 Å². The van der Waals surface area contributed by atoms with E-state index in [2.05, 4.69) is 33.8 Å². The standard InChI is InChI=1S/C23H44O2Si/c1-5-9-10-11-12-13-14-15-16-17-18-22(24)21-19-23(25-20-21)26(6-2,7-3)8-4/h19-20,22,24H,5-18H2,1-4H3. The maximum atomic E-state index is 10.5. The number of aliphatic hydroxyl groups is 1. The van der Waals surface area contributed by atoms with Crippen LogP contribution in [0.4, 0.5) is 0 Å². The molecule has 0 radical (unpaired) electrons. The highest BCUT2D eigenvalue weighted by atomic mass is 28.3. The lowest BCUT2D eigenvalue weighted by atomic mass is 10.0. The number of furan rings is 1. The van der Waals surface area contributed by atoms with Crippen LogP contribution in [0.5, 0.6) is 0 Å². The van der Waals surface area contributed by atoms with Gasteiger partial charge in [0.05, 0.1) is 17.8 Å². The molecule has 0 saturated carbocycles. The van der Waals surface area contributed by atoms with Crippen molar-refractivity contribution in [1.82, 2.24) is 0 Å². The molecular weight excluding hydrogens is 336 g/mol. The molecule has 1 atom stereocenters. The molecule has 0 fully saturated rings. The van der Waals surface area contributed by atoms with Crippen LogP contribution in [-0.4, -0.2) is 13.2 Å². The van der Waals surface area contributed by atoms with Crippen LogP contribution in [0.1, 0.15) is 110 Å². The van der Waals surface area contributed by atoms with Gasteiger partial charge in [-0.05, 0) is 12.5 Å². The number of rotatable bonds is 16. The summed E-state index contributed by atoms with van der Waals surface area (Å²) >= 11 is 0. The van der Waals surface area contributed by atoms with Crippen molar-refractivity contribution >= 4 is 13.5 Å². The largest absolute Gasteiger partial charge is 0.474 e. The van der Waals surface area contributed by atoms with Gasteiger partial charge in [-0.15, -0.1) is 0 Å². The minimum absolute atomic E-state index is 0.348. The molecule has 0 spiro atoms. The number of unbranched alkanes of at least 4 members (excludes halogenated alkanes) is 9. The predicted octanol–water partition coefficient (Wildman–Crippen LogP) is 7.34. The normalized spacial score (nSPS) is 13.3. The first-order valence-electron chi connectivity index (χ1n) is 11.4. The maximum Gasteiger partial charge on any atom is 0.131 e. The van der Waals surface area contributed by atoms with E-state index < -0.39 is 8.07 Å². The summed E-state index contributed by atoms with van der Waals surface area (Å²) < 4.78 is 5.93. The van der Waals surface area contributed by atoms with Crippen LogP contribution >= 0.6 is 0 Å². The maximum absolute atomic E-state index is 10.5. The third-order valence-electron chi connectivity index (χ3n) is 6.39. The van der Waals surface area contributed by atoms with Gasteiger partial charge in [-0.25, -0.2) is 0 Å². The molecule has 152 valence electrons. The molecule has 1 heterocycles. The first-order valence-corrected chi connectivity index (χ1v) is 14.0. The lowest BCUT2D eigenvalue weighted by molar-refractivity contribution is 0.162. The molecule has 0 aliphatic rings. The van der Waals surface area contributed by atoms with Crippen LogP contribution in [0, 0.1) is 0 Å². The van der Waals surface area contributed by atoms with Crippen LogP contribution in [0.25, 0.3) is 0 Å². The van der Waals surface area contributed by atoms with Gasteiger partial charge in [-0.1, -0.05) is 110 Å². The zero-order valence-electron chi connectivity index (χ0n) is 18.0. The summed E-state index contributed by atoms with van der Waals surface area (Å²) in [5.41, 5.74) is 1.00. The molecule has 1 aromatic rings. The fourth-order valence-corrected chi connectivity index (χ4v) is 7.40. The van der Waals surface area contributed by atoms with E-state index in [1.54, 1.807) is 0 Å². The molecule has 0 aliphatic carbocycles. The van der Waals surface area contributed by atoms with Crippen LogP contribution in [0.15, 0.2) is 16.7 Å². The van der Waals surface area contributed by atoms with Gasteiger partial charge < -0.3 is 9.52 Å². The zero-order chi connectivity index (χ0) is 19.3. The van der Waals surface area contributed by atoms with Gasteiger partial charge in [-0.2, -0.15) is 0 Å². The number of hydrogen-bond donors (Lipinski definition) is 1. The summed E-state index contributed by atoms with van der Waals surface area (Å²) in [4.78, 5) is 0. The van der Waals surface area contributed by atoms with E-state index in [0.717, 1.165) is 18.4 Å². The Hall–Kier alpha value is -0.543. The minimum Gasteiger partial charge on any atom is -0.474 e. The zero-order valence-corrected chi connectivity index (χ0v) is 19.0. The SMILES string of the molecule is CCCCCCCCCCCCC(O)c1coc([Si](CC)(CC)CC)c1. The van der Waals surface area contributed by atoms with Gasteiger partial charge in [0.15, 0.2) is 0 Å². The van der Waals surface area contributed by atoms with Gasteiger partial charge in [0, 0.05) is 5.56 Å². The van der Waals surface area contributed by atoms with Crippen molar-refractivity contribution in [2.75, 3.05) is 0 Å². The third-order valence-corrected chi connectivity index (χ3v) is 11.8. The van der Waals surface area contributed by atoms with E-state index in [9.17, 15) is 5.11 Å². The van der Waals surface area contributed by atoms with E-state index in [1.807, 2.05) is 6.26 Å². The Morgan fingerprint density at radius 2 is 1.31 bits per heavy atom. The van der Waals surface area contributed by atoms with Crippen molar-refractivity contribution in [3.05, 3.63) is 17.9 Å². The average Bonchev–Trinajstić information content (AvgIpc) is 3.16. The summed E-state index contributed by atoms with van der Waals surface area (Å²) in [7, 11) is -1.46. The van der Waals surface area contributed by atoms with Crippen LogP contribution in [-0.2, 0) is 0 Å². The molecule has 3 heteroatoms. The Labute approximate surface area is 163 Å². The lowest BCUT2D eigenvalue weighted by Gasteiger charge is -2.24. The van der Waals surface area contributed by atoms with E-state index >= 15 is 0 Å². The summed E-state index contributed by atoms with van der Waals surface area (Å²) in [6, 6.07) is 5.84. The van der Waals surface area contributed by atoms with Gasteiger partial charge in [-0.3, -0.25) is 0 Å². The van der Waals surface area contributed by atoms with Crippen molar-refractivity contribution in [2.45, 2.75) is 123 Å². The summed E-state index contributed by atoms with van der Waals surface area (Å²) in [5.74, 6) is 0. The van der Waals surface area contributed by atoms with Gasteiger partial charge in [0.25, 0.3) is 0 Å². The van der Waals surface area contributed by atoms with Crippen LogP contribution in [0.3, 0.4) is 0 Å². The highest BCUT2D eigenvalue weighted by Crippen LogP contribution is 2.25. The number of aliphatic hydroxyl groups excluding tert-OH is 1. The second-order valence-electron chi connectivity index (χ2n) is 8.07. The Balaban J connectivity index is 2.23. The summed E-state index contributed by atoms with van der Waals surface area (Å²) in [5, 5.41) is 11.7. The van der Waals surface area contributed by atoms with E-state index in [0.29, 0.717) is 0 Å². The number of hydrogen-bond acceptors (Lipinski definition) is 2. The molecule has 0 amide bonds. The van der Waals surface area contributed by atoms with Crippen LogP contribution in [0.2, 0.25) is 18.1 Å². The fraction of sp³-hybridized carbons (Fsp3) is 0.826. The van der Waals surface area contributed by atoms with Crippen molar-refractivity contribution < 1.29 is 9.52 Å². The molecular formula is C23H44O2Si. The molecule has 0 aliphatic heterocycles. The molecule has 0 aromatic carbocycles. The quantitative estimate of drug-likeness (QED) is 0.240. The molecule has 1 N–H and O–H groups in total. The highest BCUT2D eigenvalue weighted by molar-refractivity contribution is 6.90. The molecule has 2 nitrogen and oxygen atoms in total. The smallest absolute Gasteiger partial charge is 0.131 e. The lowest BCUT2D eigenvalue weighted by Crippen LogP contribution is -2.44. The van der Waals surface area contributed by atoms with E-state index in [4.69, 9.17) is 4.42 Å². The third kappa shape index (κ3) is 7.60. The Bertz CT molecular complexity index is 443. The van der Waals surface area contributed by atoms with Gasteiger partial charge in [0.1, 0.15) is 8.07 Å². The first kappa shape index (κ1) is 23.5. The van der Waals surface area contributed by atoms with Crippen molar-refractivity contribution in [3.63, 3.8) is 0 Å². The molecule has 1 rings (SSSR count). The highest BCUT2D eigenvalue weighted by Gasteiger charge is 2.33. The molecule has 1 aromatic heterocycles. The van der Waals surface area contributed by atoms with E-state index in [1.165, 1.54) is 81.3 Å². The average molecular weight is 381 g/mol. The molecule has 1 unspecified atom stereocenters. The topological polar surface area (TPSA) is 33.4 Å². The van der Waals surface area contributed by atoms with Crippen molar-refractivity contribution in [3.8, 4) is 0 Å². The first-order chi connectivity index (χ1) is 12.6. The van der Waals surface area contributed by atoms with Gasteiger partial charge >= 0.3 is 0 Å². The Morgan fingerprint density at radius 3 is 1.81 bits per heavy atom. The monoisotopic (exact) mass is 380 g/mol. The molecule has 0 saturated heterocycles. The Morgan fingerprint density at radius 1 is 0.808 bits per heavy atom.